The highest BCUT2D eigenvalue weighted by Crippen LogP contribution is 2.30. The zero-order chi connectivity index (χ0) is 13.9. The van der Waals surface area contributed by atoms with E-state index in [2.05, 4.69) is 24.4 Å². The number of hydrogen-bond acceptors (Lipinski definition) is 3. The Labute approximate surface area is 120 Å². The molecule has 0 bridgehead atoms. The number of rotatable bonds is 4. The van der Waals surface area contributed by atoms with E-state index in [0.29, 0.717) is 4.99 Å². The van der Waals surface area contributed by atoms with Crippen LogP contribution in [0.25, 0.3) is 0 Å². The molecule has 1 saturated heterocycles. The molecule has 1 aromatic rings. The maximum absolute atomic E-state index is 5.80. The Morgan fingerprint density at radius 3 is 2.74 bits per heavy atom. The van der Waals surface area contributed by atoms with Crippen molar-refractivity contribution < 1.29 is 4.74 Å². The molecule has 104 valence electrons. The highest BCUT2D eigenvalue weighted by molar-refractivity contribution is 7.80. The summed E-state index contributed by atoms with van der Waals surface area (Å²) < 4.78 is 5.43. The molecule has 3 N–H and O–H groups in total. The van der Waals surface area contributed by atoms with E-state index in [1.165, 1.54) is 5.56 Å². The molecule has 0 unspecified atom stereocenters. The van der Waals surface area contributed by atoms with E-state index < -0.39 is 0 Å². The molecule has 0 radical (unpaired) electrons. The van der Waals surface area contributed by atoms with E-state index in [1.54, 1.807) is 0 Å². The van der Waals surface area contributed by atoms with Gasteiger partial charge in [-0.1, -0.05) is 30.8 Å². The average Bonchev–Trinajstić information content (AvgIpc) is 2.38. The molecule has 0 saturated carbocycles. The van der Waals surface area contributed by atoms with Crippen molar-refractivity contribution in [2.75, 3.05) is 25.1 Å². The monoisotopic (exact) mass is 278 g/mol. The van der Waals surface area contributed by atoms with Crippen molar-refractivity contribution in [2.24, 2.45) is 11.1 Å². The first-order valence-corrected chi connectivity index (χ1v) is 7.13. The van der Waals surface area contributed by atoms with Crippen molar-refractivity contribution in [3.8, 4) is 0 Å². The van der Waals surface area contributed by atoms with Crippen LogP contribution in [0, 0.1) is 12.3 Å². The zero-order valence-electron chi connectivity index (χ0n) is 11.7. The Morgan fingerprint density at radius 2 is 2.11 bits per heavy atom. The third kappa shape index (κ3) is 3.67. The highest BCUT2D eigenvalue weighted by atomic mass is 32.1. The first-order valence-electron chi connectivity index (χ1n) is 6.72. The van der Waals surface area contributed by atoms with Crippen molar-refractivity contribution in [2.45, 2.75) is 26.7 Å². The quantitative estimate of drug-likeness (QED) is 0.831. The van der Waals surface area contributed by atoms with E-state index >= 15 is 0 Å². The van der Waals surface area contributed by atoms with Gasteiger partial charge < -0.3 is 15.8 Å². The molecule has 1 heterocycles. The van der Waals surface area contributed by atoms with Gasteiger partial charge in [-0.15, -0.1) is 0 Å². The van der Waals surface area contributed by atoms with E-state index in [4.69, 9.17) is 22.7 Å². The molecule has 1 aliphatic heterocycles. The van der Waals surface area contributed by atoms with E-state index in [0.717, 1.165) is 43.9 Å². The molecular weight excluding hydrogens is 256 g/mol. The molecule has 3 nitrogen and oxygen atoms in total. The van der Waals surface area contributed by atoms with Crippen LogP contribution >= 0.6 is 12.2 Å². The third-order valence-electron chi connectivity index (χ3n) is 3.85. The van der Waals surface area contributed by atoms with Gasteiger partial charge >= 0.3 is 0 Å². The summed E-state index contributed by atoms with van der Waals surface area (Å²) in [6.07, 6.45) is 2.18. The molecule has 19 heavy (non-hydrogen) atoms. The minimum atomic E-state index is 0.288. The largest absolute Gasteiger partial charge is 0.389 e. The summed E-state index contributed by atoms with van der Waals surface area (Å²) in [5, 5.41) is 3.51. The molecule has 1 aromatic carbocycles. The van der Waals surface area contributed by atoms with Gasteiger partial charge in [0.05, 0.1) is 0 Å². The predicted octanol–water partition coefficient (Wildman–Crippen LogP) is 2.86. The van der Waals surface area contributed by atoms with Crippen molar-refractivity contribution in [3.05, 3.63) is 29.3 Å². The van der Waals surface area contributed by atoms with E-state index in [9.17, 15) is 0 Å². The number of nitrogens with two attached hydrogens (primary N) is 1. The predicted molar refractivity (Wildman–Crippen MR) is 83.7 cm³/mol. The lowest BCUT2D eigenvalue weighted by Gasteiger charge is -2.34. The number of benzene rings is 1. The molecule has 0 atom stereocenters. The fourth-order valence-electron chi connectivity index (χ4n) is 2.37. The molecule has 2 rings (SSSR count). The number of ether oxygens (including phenoxy) is 1. The van der Waals surface area contributed by atoms with Gasteiger partial charge in [-0.05, 0) is 37.3 Å². The second-order valence-electron chi connectivity index (χ2n) is 5.69. The summed E-state index contributed by atoms with van der Waals surface area (Å²) in [5.74, 6) is 0. The van der Waals surface area contributed by atoms with Crippen molar-refractivity contribution >= 4 is 22.9 Å². The summed E-state index contributed by atoms with van der Waals surface area (Å²) in [6, 6.07) is 6.18. The van der Waals surface area contributed by atoms with Crippen LogP contribution in [0.5, 0.6) is 0 Å². The van der Waals surface area contributed by atoms with Crippen LogP contribution in [0.2, 0.25) is 0 Å². The fourth-order valence-corrected chi connectivity index (χ4v) is 2.53. The number of thiocarbonyl (C=S) groups is 1. The van der Waals surface area contributed by atoms with Gasteiger partial charge in [-0.3, -0.25) is 0 Å². The lowest BCUT2D eigenvalue weighted by atomic mass is 9.82. The Bertz CT molecular complexity index is 467. The van der Waals surface area contributed by atoms with E-state index in [1.807, 2.05) is 13.0 Å². The molecule has 0 aromatic heterocycles. The summed E-state index contributed by atoms with van der Waals surface area (Å²) in [4.78, 5) is 0.448. The molecular formula is C15H22N2OS. The first-order chi connectivity index (χ1) is 9.00. The highest BCUT2D eigenvalue weighted by Gasteiger charge is 2.27. The van der Waals surface area contributed by atoms with E-state index in [-0.39, 0.29) is 5.41 Å². The van der Waals surface area contributed by atoms with Gasteiger partial charge in [0.1, 0.15) is 4.99 Å². The normalized spacial score (nSPS) is 18.0. The first kappa shape index (κ1) is 14.3. The fraction of sp³-hybridized carbons (Fsp3) is 0.533. The lowest BCUT2D eigenvalue weighted by Crippen LogP contribution is -2.33. The standard InChI is InChI=1S/C15H22N2OS/c1-11-3-4-13(12(9-11)14(16)19)17-10-15(2)5-7-18-8-6-15/h3-4,9,17H,5-8,10H2,1-2H3,(H2,16,19). The maximum Gasteiger partial charge on any atom is 0.106 e. The second kappa shape index (κ2) is 5.88. The third-order valence-corrected chi connectivity index (χ3v) is 4.07. The Balaban J connectivity index is 2.08. The Morgan fingerprint density at radius 1 is 1.42 bits per heavy atom. The van der Waals surface area contributed by atoms with Crippen molar-refractivity contribution in [3.63, 3.8) is 0 Å². The molecule has 1 fully saturated rings. The van der Waals surface area contributed by atoms with Crippen molar-refractivity contribution in [1.29, 1.82) is 0 Å². The van der Waals surface area contributed by atoms with Crippen molar-refractivity contribution in [1.82, 2.24) is 0 Å². The maximum atomic E-state index is 5.80. The number of aryl methyl sites for hydroxylation is 1. The van der Waals surface area contributed by atoms with Gasteiger partial charge in [-0.2, -0.15) is 0 Å². The Kier molecular flexibility index (Phi) is 4.42. The summed E-state index contributed by atoms with van der Waals surface area (Å²) in [5.41, 5.74) is 9.23. The number of hydrogen-bond donors (Lipinski definition) is 2. The van der Waals surface area contributed by atoms with Crippen LogP contribution in [0.3, 0.4) is 0 Å². The lowest BCUT2D eigenvalue weighted by molar-refractivity contribution is 0.0300. The van der Waals surface area contributed by atoms with Crippen LogP contribution in [-0.2, 0) is 4.74 Å². The van der Waals surface area contributed by atoms with Gasteiger partial charge in [-0.25, -0.2) is 0 Å². The van der Waals surface area contributed by atoms with Gasteiger partial charge in [0.25, 0.3) is 0 Å². The van der Waals surface area contributed by atoms with Gasteiger partial charge in [0, 0.05) is 31.0 Å². The molecule has 1 aliphatic rings. The Hall–Kier alpha value is -1.13. The van der Waals surface area contributed by atoms with Crippen LogP contribution in [0.1, 0.15) is 30.9 Å². The number of anilines is 1. The summed E-state index contributed by atoms with van der Waals surface area (Å²) in [7, 11) is 0. The van der Waals surface area contributed by atoms with Gasteiger partial charge in [0.2, 0.25) is 0 Å². The van der Waals surface area contributed by atoms with Crippen LogP contribution in [0.4, 0.5) is 5.69 Å². The zero-order valence-corrected chi connectivity index (χ0v) is 12.5. The van der Waals surface area contributed by atoms with Gasteiger partial charge in [0.15, 0.2) is 0 Å². The van der Waals surface area contributed by atoms with Crippen LogP contribution in [0.15, 0.2) is 18.2 Å². The smallest absolute Gasteiger partial charge is 0.106 e. The topological polar surface area (TPSA) is 47.3 Å². The molecule has 0 aliphatic carbocycles. The average molecular weight is 278 g/mol. The number of nitrogens with one attached hydrogen (secondary N) is 1. The van der Waals surface area contributed by atoms with Crippen LogP contribution < -0.4 is 11.1 Å². The molecule has 0 amide bonds. The summed E-state index contributed by atoms with van der Waals surface area (Å²) in [6.45, 7) is 6.99. The molecule has 0 spiro atoms. The SMILES string of the molecule is Cc1ccc(NCC2(C)CCOCC2)c(C(N)=S)c1. The minimum absolute atomic E-state index is 0.288. The molecule has 4 heteroatoms. The second-order valence-corrected chi connectivity index (χ2v) is 6.13. The minimum Gasteiger partial charge on any atom is -0.389 e. The summed E-state index contributed by atoms with van der Waals surface area (Å²) >= 11 is 5.13. The van der Waals surface area contributed by atoms with Crippen LogP contribution in [-0.4, -0.2) is 24.7 Å².